The Morgan fingerprint density at radius 1 is 1.36 bits per heavy atom. The molecule has 2 rings (SSSR count). The van der Waals surface area contributed by atoms with Crippen molar-refractivity contribution in [1.29, 1.82) is 0 Å². The number of dihydropyridines is 1. The van der Waals surface area contributed by atoms with Gasteiger partial charge in [0.1, 0.15) is 0 Å². The lowest BCUT2D eigenvalue weighted by Crippen LogP contribution is -2.07. The largest absolute Gasteiger partial charge is 0.387 e. The van der Waals surface area contributed by atoms with Crippen molar-refractivity contribution in [3.05, 3.63) is 51.9 Å². The highest BCUT2D eigenvalue weighted by Crippen LogP contribution is 2.17. The minimum atomic E-state index is 0.930. The van der Waals surface area contributed by atoms with Gasteiger partial charge in [0.15, 0.2) is 0 Å². The Balaban J connectivity index is 2.06. The molecule has 0 atom stereocenters. The van der Waals surface area contributed by atoms with Gasteiger partial charge in [-0.05, 0) is 43.0 Å². The Morgan fingerprint density at radius 3 is 2.93 bits per heavy atom. The van der Waals surface area contributed by atoms with E-state index in [4.69, 9.17) is 0 Å². The second-order valence-electron chi connectivity index (χ2n) is 3.23. The first-order valence-electron chi connectivity index (χ1n) is 4.69. The number of hydrogen-bond donors (Lipinski definition) is 1. The highest BCUT2D eigenvalue weighted by atomic mass is 32.1. The van der Waals surface area contributed by atoms with E-state index in [9.17, 15) is 0 Å². The Bertz CT molecular complexity index is 396. The van der Waals surface area contributed by atoms with Crippen LogP contribution in [0.3, 0.4) is 0 Å². The van der Waals surface area contributed by atoms with Gasteiger partial charge in [-0.15, -0.1) is 11.3 Å². The normalized spacial score (nSPS) is 15.6. The zero-order valence-corrected chi connectivity index (χ0v) is 8.97. The number of aryl methyl sites for hydroxylation is 1. The van der Waals surface area contributed by atoms with Gasteiger partial charge >= 0.3 is 0 Å². The van der Waals surface area contributed by atoms with Gasteiger partial charge < -0.3 is 5.32 Å². The van der Waals surface area contributed by atoms with Crippen molar-refractivity contribution in [2.24, 2.45) is 0 Å². The molecule has 0 saturated carbocycles. The van der Waals surface area contributed by atoms with Gasteiger partial charge in [0, 0.05) is 16.3 Å². The summed E-state index contributed by atoms with van der Waals surface area (Å²) in [4.78, 5) is 2.68. The molecule has 0 spiro atoms. The van der Waals surface area contributed by atoms with Crippen molar-refractivity contribution >= 4 is 17.4 Å². The number of nitrogens with one attached hydrogen (secondary N) is 1. The van der Waals surface area contributed by atoms with E-state index in [2.05, 4.69) is 48.7 Å². The molecule has 1 aromatic rings. The molecule has 1 aliphatic heterocycles. The van der Waals surface area contributed by atoms with Crippen LogP contribution in [0.5, 0.6) is 0 Å². The molecule has 2 heterocycles. The fourth-order valence-electron chi connectivity index (χ4n) is 1.31. The van der Waals surface area contributed by atoms with E-state index in [1.807, 2.05) is 17.5 Å². The fourth-order valence-corrected chi connectivity index (χ4v) is 2.09. The van der Waals surface area contributed by atoms with Crippen LogP contribution < -0.4 is 5.32 Å². The second kappa shape index (κ2) is 4.29. The van der Waals surface area contributed by atoms with E-state index < -0.39 is 0 Å². The molecule has 1 aliphatic rings. The van der Waals surface area contributed by atoms with Crippen molar-refractivity contribution in [3.63, 3.8) is 0 Å². The SMILES string of the molecule is Cc1ccc(/C=C/C2=CCNC=C2)s1. The maximum Gasteiger partial charge on any atom is 0.0334 e. The zero-order valence-electron chi connectivity index (χ0n) is 8.16. The number of rotatable bonds is 2. The first-order valence-corrected chi connectivity index (χ1v) is 5.51. The van der Waals surface area contributed by atoms with Crippen LogP contribution in [-0.2, 0) is 0 Å². The van der Waals surface area contributed by atoms with Crippen LogP contribution in [0.2, 0.25) is 0 Å². The van der Waals surface area contributed by atoms with E-state index in [0.29, 0.717) is 0 Å². The van der Waals surface area contributed by atoms with Crippen LogP contribution in [0.4, 0.5) is 0 Å². The molecule has 1 N–H and O–H groups in total. The summed E-state index contributed by atoms with van der Waals surface area (Å²) in [6.45, 7) is 3.06. The molecule has 0 amide bonds. The summed E-state index contributed by atoms with van der Waals surface area (Å²) in [5.74, 6) is 0. The molecule has 0 unspecified atom stereocenters. The predicted octanol–water partition coefficient (Wildman–Crippen LogP) is 3.11. The molecule has 0 radical (unpaired) electrons. The van der Waals surface area contributed by atoms with Crippen LogP contribution in [0.1, 0.15) is 9.75 Å². The molecular formula is C12H13NS. The van der Waals surface area contributed by atoms with Crippen LogP contribution in [0, 0.1) is 6.92 Å². The van der Waals surface area contributed by atoms with Gasteiger partial charge in [0.2, 0.25) is 0 Å². The molecule has 0 bridgehead atoms. The first-order chi connectivity index (χ1) is 6.84. The van der Waals surface area contributed by atoms with Gasteiger partial charge in [0.05, 0.1) is 0 Å². The third kappa shape index (κ3) is 2.36. The monoisotopic (exact) mass is 203 g/mol. The Morgan fingerprint density at radius 2 is 2.29 bits per heavy atom. The quantitative estimate of drug-likeness (QED) is 0.778. The molecule has 1 aromatic heterocycles. The minimum absolute atomic E-state index is 0.930. The van der Waals surface area contributed by atoms with Crippen molar-refractivity contribution in [2.75, 3.05) is 6.54 Å². The van der Waals surface area contributed by atoms with Gasteiger partial charge in [0.25, 0.3) is 0 Å². The lowest BCUT2D eigenvalue weighted by molar-refractivity contribution is 0.964. The Kier molecular flexibility index (Phi) is 2.84. The van der Waals surface area contributed by atoms with Crippen molar-refractivity contribution in [1.82, 2.24) is 5.32 Å². The maximum atomic E-state index is 3.13. The average Bonchev–Trinajstić information content (AvgIpc) is 2.63. The van der Waals surface area contributed by atoms with E-state index in [-0.39, 0.29) is 0 Å². The standard InChI is InChI=1S/C12H13NS/c1-10-2-4-12(14-10)5-3-11-6-8-13-9-7-11/h2-8,13H,9H2,1H3/b5-3+. The molecule has 2 heteroatoms. The molecular weight excluding hydrogens is 190 g/mol. The molecule has 1 nitrogen and oxygen atoms in total. The summed E-state index contributed by atoms with van der Waals surface area (Å²) in [5, 5.41) is 3.13. The lowest BCUT2D eigenvalue weighted by Gasteiger charge is -2.02. The van der Waals surface area contributed by atoms with Crippen LogP contribution >= 0.6 is 11.3 Å². The number of allylic oxidation sites excluding steroid dienone is 3. The Labute approximate surface area is 88.5 Å². The molecule has 0 fully saturated rings. The summed E-state index contributed by atoms with van der Waals surface area (Å²) < 4.78 is 0. The van der Waals surface area contributed by atoms with Crippen LogP contribution in [0.25, 0.3) is 6.08 Å². The topological polar surface area (TPSA) is 12.0 Å². The third-order valence-electron chi connectivity index (χ3n) is 2.05. The van der Waals surface area contributed by atoms with Crippen LogP contribution in [-0.4, -0.2) is 6.54 Å². The number of hydrogen-bond acceptors (Lipinski definition) is 2. The van der Waals surface area contributed by atoms with Gasteiger partial charge in [-0.25, -0.2) is 0 Å². The lowest BCUT2D eigenvalue weighted by atomic mass is 10.2. The van der Waals surface area contributed by atoms with Crippen molar-refractivity contribution < 1.29 is 0 Å². The van der Waals surface area contributed by atoms with Gasteiger partial charge in [-0.3, -0.25) is 0 Å². The highest BCUT2D eigenvalue weighted by Gasteiger charge is 1.93. The third-order valence-corrected chi connectivity index (χ3v) is 3.02. The van der Waals surface area contributed by atoms with Crippen molar-refractivity contribution in [3.8, 4) is 0 Å². The summed E-state index contributed by atoms with van der Waals surface area (Å²) in [6.07, 6.45) is 10.6. The minimum Gasteiger partial charge on any atom is -0.387 e. The van der Waals surface area contributed by atoms with E-state index in [0.717, 1.165) is 6.54 Å². The van der Waals surface area contributed by atoms with Gasteiger partial charge in [-0.2, -0.15) is 0 Å². The number of thiophene rings is 1. The average molecular weight is 203 g/mol. The van der Waals surface area contributed by atoms with E-state index in [1.54, 1.807) is 0 Å². The molecule has 0 saturated heterocycles. The van der Waals surface area contributed by atoms with Crippen LogP contribution in [0.15, 0.2) is 42.1 Å². The van der Waals surface area contributed by atoms with Gasteiger partial charge in [-0.1, -0.05) is 12.2 Å². The smallest absolute Gasteiger partial charge is 0.0334 e. The summed E-state index contributed by atoms with van der Waals surface area (Å²) in [5.41, 5.74) is 1.27. The second-order valence-corrected chi connectivity index (χ2v) is 4.55. The molecule has 0 aliphatic carbocycles. The molecule has 14 heavy (non-hydrogen) atoms. The first kappa shape index (κ1) is 9.28. The summed E-state index contributed by atoms with van der Waals surface area (Å²) in [7, 11) is 0. The summed E-state index contributed by atoms with van der Waals surface area (Å²) >= 11 is 1.82. The Hall–Kier alpha value is -1.28. The van der Waals surface area contributed by atoms with E-state index >= 15 is 0 Å². The molecule has 0 aromatic carbocycles. The van der Waals surface area contributed by atoms with E-state index in [1.165, 1.54) is 15.3 Å². The predicted molar refractivity (Wildman–Crippen MR) is 63.3 cm³/mol. The maximum absolute atomic E-state index is 3.13. The summed E-state index contributed by atoms with van der Waals surface area (Å²) in [6, 6.07) is 4.30. The molecule has 72 valence electrons. The highest BCUT2D eigenvalue weighted by molar-refractivity contribution is 7.12. The van der Waals surface area contributed by atoms with Crippen molar-refractivity contribution in [2.45, 2.75) is 6.92 Å². The fraction of sp³-hybridized carbons (Fsp3) is 0.167. The zero-order chi connectivity index (χ0) is 9.80.